The second kappa shape index (κ2) is 8.02. The number of pyridine rings is 1. The molecule has 1 heterocycles. The number of amides is 2. The van der Waals surface area contributed by atoms with Crippen molar-refractivity contribution in [3.63, 3.8) is 0 Å². The Morgan fingerprint density at radius 2 is 1.96 bits per heavy atom. The number of benzene rings is 1. The summed E-state index contributed by atoms with van der Waals surface area (Å²) in [6, 6.07) is 10.1. The van der Waals surface area contributed by atoms with Gasteiger partial charge in [-0.15, -0.1) is 0 Å². The normalized spacial score (nSPS) is 11.5. The number of halogens is 1. The first-order valence-corrected chi connectivity index (χ1v) is 7.64. The summed E-state index contributed by atoms with van der Waals surface area (Å²) in [6.07, 6.45) is 1.61. The van der Waals surface area contributed by atoms with Crippen molar-refractivity contribution in [3.8, 4) is 6.07 Å². The largest absolute Gasteiger partial charge is 0.339 e. The van der Waals surface area contributed by atoms with Gasteiger partial charge in [-0.05, 0) is 36.2 Å². The second-order valence-corrected chi connectivity index (χ2v) is 5.71. The molecule has 0 aliphatic carbocycles. The lowest BCUT2D eigenvalue weighted by atomic mass is 10.0. The van der Waals surface area contributed by atoms with Crippen molar-refractivity contribution in [3.05, 3.63) is 59.7 Å². The maximum absolute atomic E-state index is 13.3. The van der Waals surface area contributed by atoms with Gasteiger partial charge in [0.2, 0.25) is 0 Å². The first-order valence-electron chi connectivity index (χ1n) is 7.64. The average molecular weight is 340 g/mol. The average Bonchev–Trinajstić information content (AvgIpc) is 2.61. The maximum atomic E-state index is 13.3. The molecule has 1 aromatic heterocycles. The molecule has 128 valence electrons. The van der Waals surface area contributed by atoms with E-state index < -0.39 is 23.7 Å². The van der Waals surface area contributed by atoms with E-state index in [1.165, 1.54) is 12.1 Å². The molecule has 6 nitrogen and oxygen atoms in total. The van der Waals surface area contributed by atoms with E-state index in [4.69, 9.17) is 5.26 Å². The van der Waals surface area contributed by atoms with Crippen LogP contribution in [0.1, 0.15) is 31.1 Å². The highest BCUT2D eigenvalue weighted by molar-refractivity contribution is 6.39. The highest BCUT2D eigenvalue weighted by Gasteiger charge is 2.23. The van der Waals surface area contributed by atoms with Gasteiger partial charge < -0.3 is 10.6 Å². The van der Waals surface area contributed by atoms with Crippen LogP contribution in [0.15, 0.2) is 42.6 Å². The van der Waals surface area contributed by atoms with Crippen LogP contribution in [0.2, 0.25) is 0 Å². The first kappa shape index (κ1) is 18.1. The van der Waals surface area contributed by atoms with E-state index in [2.05, 4.69) is 15.6 Å². The molecule has 1 aromatic carbocycles. The molecule has 0 fully saturated rings. The molecule has 2 rings (SSSR count). The lowest BCUT2D eigenvalue weighted by Crippen LogP contribution is -2.39. The van der Waals surface area contributed by atoms with Crippen LogP contribution in [-0.2, 0) is 9.59 Å². The molecule has 2 N–H and O–H groups in total. The van der Waals surface area contributed by atoms with Crippen molar-refractivity contribution >= 4 is 17.5 Å². The van der Waals surface area contributed by atoms with Gasteiger partial charge in [-0.1, -0.05) is 19.9 Å². The fourth-order valence-electron chi connectivity index (χ4n) is 2.23. The minimum absolute atomic E-state index is 0.0164. The van der Waals surface area contributed by atoms with E-state index >= 15 is 0 Å². The van der Waals surface area contributed by atoms with Crippen LogP contribution in [-0.4, -0.2) is 16.8 Å². The Kier molecular flexibility index (Phi) is 5.79. The third-order valence-corrected chi connectivity index (χ3v) is 3.51. The van der Waals surface area contributed by atoms with E-state index in [9.17, 15) is 14.0 Å². The van der Waals surface area contributed by atoms with Crippen molar-refractivity contribution < 1.29 is 14.0 Å². The number of nitrogens with zero attached hydrogens (tertiary/aromatic N) is 2. The molecule has 7 heteroatoms. The third-order valence-electron chi connectivity index (χ3n) is 3.51. The van der Waals surface area contributed by atoms with Gasteiger partial charge in [-0.3, -0.25) is 14.6 Å². The molecule has 0 bridgehead atoms. The number of hydrogen-bond donors (Lipinski definition) is 2. The summed E-state index contributed by atoms with van der Waals surface area (Å²) in [5.74, 6) is -2.42. The molecule has 2 amide bonds. The monoisotopic (exact) mass is 340 g/mol. The highest BCUT2D eigenvalue weighted by Crippen LogP contribution is 2.19. The molecule has 1 unspecified atom stereocenters. The zero-order chi connectivity index (χ0) is 18.4. The molecule has 2 aromatic rings. The molecule has 0 saturated heterocycles. The van der Waals surface area contributed by atoms with Crippen LogP contribution in [0.4, 0.5) is 10.1 Å². The lowest BCUT2D eigenvalue weighted by Gasteiger charge is -2.21. The van der Waals surface area contributed by atoms with Gasteiger partial charge in [0, 0.05) is 11.9 Å². The summed E-state index contributed by atoms with van der Waals surface area (Å²) < 4.78 is 13.3. The van der Waals surface area contributed by atoms with Crippen molar-refractivity contribution in [1.29, 1.82) is 5.26 Å². The summed E-state index contributed by atoms with van der Waals surface area (Å²) in [5.41, 5.74) is 0.594. The van der Waals surface area contributed by atoms with Gasteiger partial charge >= 0.3 is 11.8 Å². The smallest absolute Gasteiger partial charge is 0.313 e. The number of hydrogen-bond acceptors (Lipinski definition) is 4. The van der Waals surface area contributed by atoms with Crippen LogP contribution >= 0.6 is 0 Å². The van der Waals surface area contributed by atoms with E-state index in [0.717, 1.165) is 6.07 Å². The highest BCUT2D eigenvalue weighted by atomic mass is 19.1. The van der Waals surface area contributed by atoms with Crippen molar-refractivity contribution in [2.24, 2.45) is 5.92 Å². The maximum Gasteiger partial charge on any atom is 0.313 e. The van der Waals surface area contributed by atoms with E-state index in [-0.39, 0.29) is 17.2 Å². The van der Waals surface area contributed by atoms with Gasteiger partial charge in [0.1, 0.15) is 11.9 Å². The predicted octanol–water partition coefficient (Wildman–Crippen LogP) is 2.54. The Morgan fingerprint density at radius 1 is 1.20 bits per heavy atom. The van der Waals surface area contributed by atoms with E-state index in [1.807, 2.05) is 13.8 Å². The van der Waals surface area contributed by atoms with E-state index in [0.29, 0.717) is 5.69 Å². The number of aromatic nitrogens is 1. The standard InChI is InChI=1S/C18H17FN4O2/c1-11(2)16(15-5-3-4-8-21-15)23-18(25)17(24)22-13-6-7-14(19)12(9-13)10-20/h3-9,11,16H,1-2H3,(H,22,24)(H,23,25). The number of rotatable bonds is 4. The Bertz CT molecular complexity index is 816. The first-order chi connectivity index (χ1) is 11.9. The Morgan fingerprint density at radius 3 is 2.56 bits per heavy atom. The third kappa shape index (κ3) is 4.61. The second-order valence-electron chi connectivity index (χ2n) is 5.71. The van der Waals surface area contributed by atoms with Crippen molar-refractivity contribution in [2.75, 3.05) is 5.32 Å². The minimum atomic E-state index is -0.905. The molecule has 0 saturated carbocycles. The Labute approximate surface area is 144 Å². The molecule has 0 aliphatic rings. The summed E-state index contributed by atoms with van der Waals surface area (Å²) in [5, 5.41) is 13.8. The van der Waals surface area contributed by atoms with Gasteiger partial charge in [0.25, 0.3) is 0 Å². The molecule has 0 radical (unpaired) electrons. The molecule has 25 heavy (non-hydrogen) atoms. The van der Waals surface area contributed by atoms with Crippen molar-refractivity contribution in [2.45, 2.75) is 19.9 Å². The number of nitrogens with one attached hydrogen (secondary N) is 2. The van der Waals surface area contributed by atoms with Gasteiger partial charge in [-0.2, -0.15) is 5.26 Å². The number of anilines is 1. The quantitative estimate of drug-likeness (QED) is 0.836. The van der Waals surface area contributed by atoms with Gasteiger partial charge in [0.05, 0.1) is 17.3 Å². The molecule has 1 atom stereocenters. The number of carbonyl (C=O) groups excluding carboxylic acids is 2. The number of nitriles is 1. The zero-order valence-electron chi connectivity index (χ0n) is 13.8. The molecular formula is C18H17FN4O2. The van der Waals surface area contributed by atoms with Crippen LogP contribution in [0.3, 0.4) is 0 Å². The summed E-state index contributed by atoms with van der Waals surface area (Å²) in [6.45, 7) is 3.80. The zero-order valence-corrected chi connectivity index (χ0v) is 13.8. The lowest BCUT2D eigenvalue weighted by molar-refractivity contribution is -0.136. The van der Waals surface area contributed by atoms with Crippen LogP contribution in [0, 0.1) is 23.1 Å². The number of carbonyl (C=O) groups is 2. The van der Waals surface area contributed by atoms with Gasteiger partial charge in [0.15, 0.2) is 0 Å². The Balaban J connectivity index is 2.09. The molecular weight excluding hydrogens is 323 g/mol. The molecule has 0 spiro atoms. The minimum Gasteiger partial charge on any atom is -0.339 e. The van der Waals surface area contributed by atoms with E-state index in [1.54, 1.807) is 30.5 Å². The van der Waals surface area contributed by atoms with Crippen LogP contribution in [0.25, 0.3) is 0 Å². The summed E-state index contributed by atoms with van der Waals surface area (Å²) in [4.78, 5) is 28.4. The fourth-order valence-corrected chi connectivity index (χ4v) is 2.23. The summed E-state index contributed by atoms with van der Waals surface area (Å²) in [7, 11) is 0. The van der Waals surface area contributed by atoms with Crippen molar-refractivity contribution in [1.82, 2.24) is 10.3 Å². The molecule has 0 aliphatic heterocycles. The summed E-state index contributed by atoms with van der Waals surface area (Å²) >= 11 is 0. The fraction of sp³-hybridized carbons (Fsp3) is 0.222. The van der Waals surface area contributed by atoms with Gasteiger partial charge in [-0.25, -0.2) is 4.39 Å². The topological polar surface area (TPSA) is 94.9 Å². The van der Waals surface area contributed by atoms with Crippen LogP contribution < -0.4 is 10.6 Å². The van der Waals surface area contributed by atoms with Crippen LogP contribution in [0.5, 0.6) is 0 Å². The Hall–Kier alpha value is -3.27. The predicted molar refractivity (Wildman–Crippen MR) is 89.7 cm³/mol. The SMILES string of the molecule is CC(C)C(NC(=O)C(=O)Nc1ccc(F)c(C#N)c1)c1ccccn1.